The lowest BCUT2D eigenvalue weighted by molar-refractivity contribution is -0.0123. The topological polar surface area (TPSA) is 41.9 Å². The van der Waals surface area contributed by atoms with E-state index in [4.69, 9.17) is 9.47 Å². The summed E-state index contributed by atoms with van der Waals surface area (Å²) in [5.41, 5.74) is 2.34. The van der Waals surface area contributed by atoms with Crippen molar-refractivity contribution in [3.8, 4) is 5.75 Å². The number of aliphatic hydroxyl groups is 1. The van der Waals surface area contributed by atoms with Crippen LogP contribution in [0.15, 0.2) is 18.2 Å². The summed E-state index contributed by atoms with van der Waals surface area (Å²) in [6, 6.07) is 6.11. The van der Waals surface area contributed by atoms with Crippen LogP contribution in [0.4, 0.5) is 0 Å². The number of benzene rings is 1. The molecular weight excluding hydrogens is 278 g/mol. The van der Waals surface area contributed by atoms with Crippen molar-refractivity contribution in [2.45, 2.75) is 45.8 Å². The maximum absolute atomic E-state index is 10.2. The number of hydrogen-bond donors (Lipinski definition) is 1. The van der Waals surface area contributed by atoms with Crippen molar-refractivity contribution in [3.63, 3.8) is 0 Å². The van der Waals surface area contributed by atoms with Gasteiger partial charge in [0.2, 0.25) is 0 Å². The van der Waals surface area contributed by atoms with Crippen LogP contribution in [0.2, 0.25) is 0 Å². The second-order valence-corrected chi connectivity index (χ2v) is 6.21. The molecule has 124 valence electrons. The molecule has 0 saturated carbocycles. The van der Waals surface area contributed by atoms with Crippen molar-refractivity contribution < 1.29 is 14.6 Å². The Morgan fingerprint density at radius 1 is 1.36 bits per heavy atom. The van der Waals surface area contributed by atoms with E-state index >= 15 is 0 Å². The summed E-state index contributed by atoms with van der Waals surface area (Å²) in [6.45, 7) is 9.82. The van der Waals surface area contributed by atoms with E-state index in [9.17, 15) is 5.11 Å². The SMILES string of the molecule is CCOC1CCCN(CC(O)COc2ccc(C)cc2C)C1. The zero-order valence-electron chi connectivity index (χ0n) is 14.0. The second kappa shape index (κ2) is 8.51. The summed E-state index contributed by atoms with van der Waals surface area (Å²) >= 11 is 0. The Kier molecular flexibility index (Phi) is 6.68. The molecule has 1 saturated heterocycles. The number of aliphatic hydroxyl groups excluding tert-OH is 1. The van der Waals surface area contributed by atoms with Crippen LogP contribution in [0.1, 0.15) is 30.9 Å². The summed E-state index contributed by atoms with van der Waals surface area (Å²) in [6.07, 6.45) is 2.10. The van der Waals surface area contributed by atoms with Gasteiger partial charge in [0.05, 0.1) is 6.10 Å². The Bertz CT molecular complexity index is 462. The van der Waals surface area contributed by atoms with Gasteiger partial charge in [0.25, 0.3) is 0 Å². The van der Waals surface area contributed by atoms with E-state index < -0.39 is 6.10 Å². The molecule has 0 radical (unpaired) electrons. The molecule has 1 aliphatic heterocycles. The van der Waals surface area contributed by atoms with E-state index in [1.807, 2.05) is 26.0 Å². The molecule has 0 aromatic heterocycles. The minimum atomic E-state index is -0.471. The highest BCUT2D eigenvalue weighted by atomic mass is 16.5. The highest BCUT2D eigenvalue weighted by Gasteiger charge is 2.22. The van der Waals surface area contributed by atoms with Gasteiger partial charge in [-0.1, -0.05) is 17.7 Å². The minimum absolute atomic E-state index is 0.311. The van der Waals surface area contributed by atoms with E-state index in [-0.39, 0.29) is 0 Å². The monoisotopic (exact) mass is 307 g/mol. The maximum Gasteiger partial charge on any atom is 0.122 e. The highest BCUT2D eigenvalue weighted by molar-refractivity contribution is 5.35. The molecule has 2 unspecified atom stereocenters. The smallest absolute Gasteiger partial charge is 0.122 e. The van der Waals surface area contributed by atoms with E-state index in [0.29, 0.717) is 19.3 Å². The average molecular weight is 307 g/mol. The standard InChI is InChI=1S/C18H29NO3/c1-4-21-17-6-5-9-19(12-17)11-16(20)13-22-18-8-7-14(2)10-15(18)3/h7-8,10,16-17,20H,4-6,9,11-13H2,1-3H3. The van der Waals surface area contributed by atoms with Gasteiger partial charge in [0, 0.05) is 19.7 Å². The molecule has 1 aromatic carbocycles. The van der Waals surface area contributed by atoms with Crippen LogP contribution in [-0.4, -0.2) is 55.1 Å². The van der Waals surface area contributed by atoms with Crippen molar-refractivity contribution >= 4 is 0 Å². The average Bonchev–Trinajstić information content (AvgIpc) is 2.47. The number of likely N-dealkylation sites (tertiary alicyclic amines) is 1. The molecule has 0 amide bonds. The molecule has 1 N–H and O–H groups in total. The summed E-state index contributed by atoms with van der Waals surface area (Å²) in [4.78, 5) is 2.28. The number of aryl methyl sites for hydroxylation is 2. The third-order valence-corrected chi connectivity index (χ3v) is 4.10. The van der Waals surface area contributed by atoms with Gasteiger partial charge in [0.1, 0.15) is 18.5 Å². The van der Waals surface area contributed by atoms with Crippen molar-refractivity contribution in [3.05, 3.63) is 29.3 Å². The molecule has 2 atom stereocenters. The van der Waals surface area contributed by atoms with E-state index in [0.717, 1.165) is 43.9 Å². The second-order valence-electron chi connectivity index (χ2n) is 6.21. The third-order valence-electron chi connectivity index (χ3n) is 4.10. The van der Waals surface area contributed by atoms with Crippen molar-refractivity contribution in [2.75, 3.05) is 32.8 Å². The lowest BCUT2D eigenvalue weighted by Gasteiger charge is -2.33. The molecule has 2 rings (SSSR count). The van der Waals surface area contributed by atoms with Gasteiger partial charge in [0.15, 0.2) is 0 Å². The fourth-order valence-corrected chi connectivity index (χ4v) is 3.05. The van der Waals surface area contributed by atoms with Crippen LogP contribution in [-0.2, 0) is 4.74 Å². The number of β-amino-alcohol motifs (C(OH)–C–C–N with tert-alkyl or cyclic N) is 1. The van der Waals surface area contributed by atoms with Gasteiger partial charge in [-0.3, -0.25) is 4.90 Å². The first-order chi connectivity index (χ1) is 10.6. The molecule has 1 heterocycles. The first-order valence-electron chi connectivity index (χ1n) is 8.30. The van der Waals surface area contributed by atoms with Gasteiger partial charge in [-0.25, -0.2) is 0 Å². The van der Waals surface area contributed by atoms with Crippen LogP contribution in [0.3, 0.4) is 0 Å². The molecule has 22 heavy (non-hydrogen) atoms. The van der Waals surface area contributed by atoms with Gasteiger partial charge in [-0.2, -0.15) is 0 Å². The lowest BCUT2D eigenvalue weighted by Crippen LogP contribution is -2.44. The van der Waals surface area contributed by atoms with Crippen molar-refractivity contribution in [1.82, 2.24) is 4.90 Å². The van der Waals surface area contributed by atoms with E-state index in [2.05, 4.69) is 17.9 Å². The quantitative estimate of drug-likeness (QED) is 0.840. The lowest BCUT2D eigenvalue weighted by atomic mass is 10.1. The van der Waals surface area contributed by atoms with Crippen molar-refractivity contribution in [2.24, 2.45) is 0 Å². The van der Waals surface area contributed by atoms with Crippen molar-refractivity contribution in [1.29, 1.82) is 0 Å². The number of hydrogen-bond acceptors (Lipinski definition) is 4. The van der Waals surface area contributed by atoms with Gasteiger partial charge >= 0.3 is 0 Å². The fraction of sp³-hybridized carbons (Fsp3) is 0.667. The maximum atomic E-state index is 10.2. The molecule has 4 nitrogen and oxygen atoms in total. The van der Waals surface area contributed by atoms with Crippen LogP contribution in [0, 0.1) is 13.8 Å². The Morgan fingerprint density at radius 2 is 2.18 bits per heavy atom. The molecular formula is C18H29NO3. The molecule has 1 aromatic rings. The Balaban J connectivity index is 1.76. The minimum Gasteiger partial charge on any atom is -0.491 e. The largest absolute Gasteiger partial charge is 0.491 e. The molecule has 4 heteroatoms. The Hall–Kier alpha value is -1.10. The zero-order valence-corrected chi connectivity index (χ0v) is 14.0. The Labute approximate surface area is 134 Å². The highest BCUT2D eigenvalue weighted by Crippen LogP contribution is 2.19. The summed E-state index contributed by atoms with van der Waals surface area (Å²) < 4.78 is 11.5. The van der Waals surface area contributed by atoms with Crippen LogP contribution < -0.4 is 4.74 Å². The summed E-state index contributed by atoms with van der Waals surface area (Å²) in [7, 11) is 0. The first-order valence-corrected chi connectivity index (χ1v) is 8.30. The van der Waals surface area contributed by atoms with Gasteiger partial charge in [-0.15, -0.1) is 0 Å². The molecule has 0 aliphatic carbocycles. The summed E-state index contributed by atoms with van der Waals surface area (Å²) in [5, 5.41) is 10.2. The summed E-state index contributed by atoms with van der Waals surface area (Å²) in [5.74, 6) is 0.857. The molecule has 1 aliphatic rings. The van der Waals surface area contributed by atoms with Crippen LogP contribution >= 0.6 is 0 Å². The third kappa shape index (κ3) is 5.27. The molecule has 0 bridgehead atoms. The molecule has 1 fully saturated rings. The predicted molar refractivity (Wildman–Crippen MR) is 88.5 cm³/mol. The van der Waals surface area contributed by atoms with E-state index in [1.165, 1.54) is 5.56 Å². The number of ether oxygens (including phenoxy) is 2. The van der Waals surface area contributed by atoms with Gasteiger partial charge < -0.3 is 14.6 Å². The number of rotatable bonds is 7. The van der Waals surface area contributed by atoms with E-state index in [1.54, 1.807) is 0 Å². The normalized spacial score (nSPS) is 20.8. The molecule has 0 spiro atoms. The zero-order chi connectivity index (χ0) is 15.9. The first kappa shape index (κ1) is 17.3. The Morgan fingerprint density at radius 3 is 2.91 bits per heavy atom. The predicted octanol–water partition coefficient (Wildman–Crippen LogP) is 2.54. The number of piperidine rings is 1. The number of nitrogens with zero attached hydrogens (tertiary/aromatic N) is 1. The van der Waals surface area contributed by atoms with Gasteiger partial charge in [-0.05, 0) is 51.8 Å². The van der Waals surface area contributed by atoms with Crippen LogP contribution in [0.5, 0.6) is 5.75 Å². The van der Waals surface area contributed by atoms with Crippen LogP contribution in [0.25, 0.3) is 0 Å². The fourth-order valence-electron chi connectivity index (χ4n) is 3.05.